The lowest BCUT2D eigenvalue weighted by atomic mass is 10.1. The number of hydrogen-bond donors (Lipinski definition) is 3. The number of benzene rings is 2. The molecule has 0 radical (unpaired) electrons. The molecule has 1 fully saturated rings. The van der Waals surface area contributed by atoms with Crippen molar-refractivity contribution in [2.75, 3.05) is 18.4 Å². The molecule has 1 aliphatic heterocycles. The Morgan fingerprint density at radius 3 is 2.48 bits per heavy atom. The Labute approximate surface area is 171 Å². The molecule has 1 saturated heterocycles. The number of amides is 3. The van der Waals surface area contributed by atoms with Crippen LogP contribution in [0.5, 0.6) is 5.75 Å². The summed E-state index contributed by atoms with van der Waals surface area (Å²) >= 11 is 0. The molecule has 6 heteroatoms. The lowest BCUT2D eigenvalue weighted by molar-refractivity contribution is 0.0793. The number of urea groups is 1. The molecule has 0 saturated carbocycles. The number of rotatable bonds is 6. The molecular weight excluding hydrogens is 366 g/mol. The van der Waals surface area contributed by atoms with Crippen molar-refractivity contribution < 1.29 is 14.7 Å². The smallest absolute Gasteiger partial charge is 0.319 e. The van der Waals surface area contributed by atoms with Crippen LogP contribution >= 0.6 is 0 Å². The summed E-state index contributed by atoms with van der Waals surface area (Å²) in [6, 6.07) is 12.3. The number of nitrogens with one attached hydrogen (secondary N) is 2. The molecule has 3 amide bonds. The number of carbonyl (C=O) groups is 2. The van der Waals surface area contributed by atoms with Crippen molar-refractivity contribution >= 4 is 17.6 Å². The molecule has 154 valence electrons. The number of hydrogen-bond acceptors (Lipinski definition) is 3. The highest BCUT2D eigenvalue weighted by Crippen LogP contribution is 2.24. The van der Waals surface area contributed by atoms with Gasteiger partial charge in [-0.1, -0.05) is 24.3 Å². The standard InChI is InChI=1S/C23H29N3O3/c1-16-6-5-7-20(22(28)26-14-3-4-15-26)21(16)25-23(29)24-17(2)8-9-18-10-12-19(27)13-11-18/h5-7,10-13,17,27H,3-4,8-9,14-15H2,1-2H3,(H2,24,25,29)/t17-/m0/s1. The zero-order valence-electron chi connectivity index (χ0n) is 17.1. The van der Waals surface area contributed by atoms with Crippen LogP contribution in [0.15, 0.2) is 42.5 Å². The maximum absolute atomic E-state index is 12.8. The van der Waals surface area contributed by atoms with Gasteiger partial charge in [0.25, 0.3) is 5.91 Å². The summed E-state index contributed by atoms with van der Waals surface area (Å²) in [6.07, 6.45) is 3.62. The molecule has 2 aromatic rings. The van der Waals surface area contributed by atoms with E-state index in [1.165, 1.54) is 0 Å². The lowest BCUT2D eigenvalue weighted by Crippen LogP contribution is -2.37. The first-order chi connectivity index (χ1) is 13.9. The molecule has 3 N–H and O–H groups in total. The van der Waals surface area contributed by atoms with Crippen LogP contribution in [0.4, 0.5) is 10.5 Å². The molecule has 0 unspecified atom stereocenters. The molecule has 1 aliphatic rings. The van der Waals surface area contributed by atoms with Crippen LogP contribution in [-0.4, -0.2) is 41.1 Å². The molecule has 3 rings (SSSR count). The van der Waals surface area contributed by atoms with Gasteiger partial charge in [-0.25, -0.2) is 4.79 Å². The second-order valence-electron chi connectivity index (χ2n) is 7.70. The Hall–Kier alpha value is -3.02. The third-order valence-corrected chi connectivity index (χ3v) is 5.31. The molecule has 0 aliphatic carbocycles. The SMILES string of the molecule is Cc1cccc(C(=O)N2CCCC2)c1NC(=O)N[C@@H](C)CCc1ccc(O)cc1. The van der Waals surface area contributed by atoms with Crippen LogP contribution < -0.4 is 10.6 Å². The fraction of sp³-hybridized carbons (Fsp3) is 0.391. The van der Waals surface area contributed by atoms with E-state index in [2.05, 4.69) is 10.6 Å². The zero-order chi connectivity index (χ0) is 20.8. The van der Waals surface area contributed by atoms with E-state index in [1.807, 2.05) is 43.0 Å². The van der Waals surface area contributed by atoms with Gasteiger partial charge in [-0.3, -0.25) is 4.79 Å². The molecule has 0 bridgehead atoms. The third-order valence-electron chi connectivity index (χ3n) is 5.31. The van der Waals surface area contributed by atoms with Gasteiger partial charge in [0.15, 0.2) is 0 Å². The molecule has 0 spiro atoms. The zero-order valence-corrected chi connectivity index (χ0v) is 17.1. The summed E-state index contributed by atoms with van der Waals surface area (Å²) < 4.78 is 0. The van der Waals surface area contributed by atoms with E-state index in [0.29, 0.717) is 11.3 Å². The lowest BCUT2D eigenvalue weighted by Gasteiger charge is -2.20. The molecule has 0 aromatic heterocycles. The first-order valence-electron chi connectivity index (χ1n) is 10.2. The second-order valence-corrected chi connectivity index (χ2v) is 7.70. The number of phenols is 1. The van der Waals surface area contributed by atoms with Crippen molar-refractivity contribution in [2.24, 2.45) is 0 Å². The molecule has 6 nitrogen and oxygen atoms in total. The van der Waals surface area contributed by atoms with Gasteiger partial charge < -0.3 is 20.6 Å². The van der Waals surface area contributed by atoms with E-state index in [4.69, 9.17) is 0 Å². The van der Waals surface area contributed by atoms with Gasteiger partial charge in [0.1, 0.15) is 5.75 Å². The number of para-hydroxylation sites is 1. The third kappa shape index (κ3) is 5.50. The minimum atomic E-state index is -0.312. The molecule has 1 atom stereocenters. The largest absolute Gasteiger partial charge is 0.508 e. The van der Waals surface area contributed by atoms with Gasteiger partial charge in [0.05, 0.1) is 11.3 Å². The average Bonchev–Trinajstić information content (AvgIpc) is 3.23. The van der Waals surface area contributed by atoms with Gasteiger partial charge in [0.2, 0.25) is 0 Å². The van der Waals surface area contributed by atoms with Crippen LogP contribution in [0, 0.1) is 6.92 Å². The summed E-state index contributed by atoms with van der Waals surface area (Å²) in [6.45, 7) is 5.39. The first kappa shape index (κ1) is 20.7. The summed E-state index contributed by atoms with van der Waals surface area (Å²) in [5.74, 6) is 0.221. The minimum Gasteiger partial charge on any atom is -0.508 e. The normalized spacial score (nSPS) is 14.5. The molecule has 29 heavy (non-hydrogen) atoms. The highest BCUT2D eigenvalue weighted by atomic mass is 16.3. The summed E-state index contributed by atoms with van der Waals surface area (Å²) in [5, 5.41) is 15.2. The van der Waals surface area contributed by atoms with Crippen molar-refractivity contribution in [1.29, 1.82) is 0 Å². The van der Waals surface area contributed by atoms with Gasteiger partial charge in [-0.05, 0) is 68.9 Å². The van der Waals surface area contributed by atoms with E-state index in [1.54, 1.807) is 18.2 Å². The Morgan fingerprint density at radius 1 is 1.10 bits per heavy atom. The Balaban J connectivity index is 1.59. The number of nitrogens with zero attached hydrogens (tertiary/aromatic N) is 1. The van der Waals surface area contributed by atoms with Gasteiger partial charge in [0, 0.05) is 19.1 Å². The van der Waals surface area contributed by atoms with Gasteiger partial charge in [-0.15, -0.1) is 0 Å². The Bertz CT molecular complexity index is 858. The van der Waals surface area contributed by atoms with Crippen LogP contribution in [0.25, 0.3) is 0 Å². The van der Waals surface area contributed by atoms with E-state index in [-0.39, 0.29) is 23.7 Å². The second kappa shape index (κ2) is 9.45. The van der Waals surface area contributed by atoms with E-state index < -0.39 is 0 Å². The summed E-state index contributed by atoms with van der Waals surface area (Å²) in [7, 11) is 0. The van der Waals surface area contributed by atoms with Crippen LogP contribution in [-0.2, 0) is 6.42 Å². The highest BCUT2D eigenvalue weighted by Gasteiger charge is 2.23. The van der Waals surface area contributed by atoms with E-state index >= 15 is 0 Å². The topological polar surface area (TPSA) is 81.7 Å². The van der Waals surface area contributed by atoms with Gasteiger partial charge in [-0.2, -0.15) is 0 Å². The van der Waals surface area contributed by atoms with Crippen molar-refractivity contribution in [3.63, 3.8) is 0 Å². The predicted molar refractivity (Wildman–Crippen MR) is 114 cm³/mol. The van der Waals surface area contributed by atoms with E-state index in [9.17, 15) is 14.7 Å². The average molecular weight is 396 g/mol. The Morgan fingerprint density at radius 2 is 1.79 bits per heavy atom. The van der Waals surface area contributed by atoms with Crippen molar-refractivity contribution in [1.82, 2.24) is 10.2 Å². The highest BCUT2D eigenvalue weighted by molar-refractivity contribution is 6.04. The molecular formula is C23H29N3O3. The fourth-order valence-electron chi connectivity index (χ4n) is 3.59. The predicted octanol–water partition coefficient (Wildman–Crippen LogP) is 4.08. The van der Waals surface area contributed by atoms with Crippen LogP contribution in [0.1, 0.15) is 47.7 Å². The number of likely N-dealkylation sites (tertiary alicyclic amines) is 1. The Kier molecular flexibility index (Phi) is 6.75. The quantitative estimate of drug-likeness (QED) is 0.689. The number of aromatic hydroxyl groups is 1. The van der Waals surface area contributed by atoms with Crippen molar-refractivity contribution in [3.05, 3.63) is 59.2 Å². The maximum atomic E-state index is 12.8. The number of carbonyl (C=O) groups excluding carboxylic acids is 2. The number of anilines is 1. The van der Waals surface area contributed by atoms with Crippen molar-refractivity contribution in [2.45, 2.75) is 45.6 Å². The van der Waals surface area contributed by atoms with Gasteiger partial charge >= 0.3 is 6.03 Å². The fourth-order valence-corrected chi connectivity index (χ4v) is 3.59. The number of aryl methyl sites for hydroxylation is 2. The minimum absolute atomic E-state index is 0.0260. The van der Waals surface area contributed by atoms with Crippen molar-refractivity contribution in [3.8, 4) is 5.75 Å². The first-order valence-corrected chi connectivity index (χ1v) is 10.2. The summed E-state index contributed by atoms with van der Waals surface area (Å²) in [4.78, 5) is 27.2. The monoisotopic (exact) mass is 395 g/mol. The van der Waals surface area contributed by atoms with E-state index in [0.717, 1.165) is 49.9 Å². The molecule has 1 heterocycles. The summed E-state index contributed by atoms with van der Waals surface area (Å²) in [5.41, 5.74) is 3.09. The number of phenolic OH excluding ortho intramolecular Hbond substituents is 1. The molecule has 2 aromatic carbocycles. The van der Waals surface area contributed by atoms with Crippen LogP contribution in [0.3, 0.4) is 0 Å². The van der Waals surface area contributed by atoms with Crippen LogP contribution in [0.2, 0.25) is 0 Å². The maximum Gasteiger partial charge on any atom is 0.319 e.